The molecular weight excluding hydrogens is 198 g/mol. The van der Waals surface area contributed by atoms with Crippen molar-refractivity contribution in [1.29, 1.82) is 0 Å². The highest BCUT2D eigenvalue weighted by Gasteiger charge is 2.29. The fraction of sp³-hybridized carbons (Fsp3) is 1.00. The van der Waals surface area contributed by atoms with Gasteiger partial charge in [0.25, 0.3) is 0 Å². The molecule has 0 bridgehead atoms. The normalized spacial score (nSPS) is 27.4. The Bertz CT molecular complexity index is 201. The van der Waals surface area contributed by atoms with Gasteiger partial charge in [-0.05, 0) is 38.6 Å². The second kappa shape index (κ2) is 6.02. The third-order valence-corrected chi connectivity index (χ3v) is 4.39. The van der Waals surface area contributed by atoms with Gasteiger partial charge in [-0.25, -0.2) is 0 Å². The first-order valence-corrected chi connectivity index (χ1v) is 6.93. The monoisotopic (exact) mass is 227 g/mol. The Balaban J connectivity index is 2.47. The maximum atomic E-state index is 10.4. The molecular formula is C14H29NO. The fourth-order valence-electron chi connectivity index (χ4n) is 2.87. The third kappa shape index (κ3) is 3.74. The number of rotatable bonds is 5. The van der Waals surface area contributed by atoms with Crippen LogP contribution in [0, 0.1) is 5.92 Å². The molecule has 0 aromatic rings. The highest BCUT2D eigenvalue weighted by molar-refractivity contribution is 4.84. The lowest BCUT2D eigenvalue weighted by Gasteiger charge is -2.38. The zero-order valence-electron chi connectivity index (χ0n) is 11.5. The molecule has 0 aromatic carbocycles. The molecule has 1 aliphatic carbocycles. The zero-order chi connectivity index (χ0) is 12.2. The summed E-state index contributed by atoms with van der Waals surface area (Å²) in [5.74, 6) is 0.859. The molecule has 2 unspecified atom stereocenters. The molecule has 2 atom stereocenters. The van der Waals surface area contributed by atoms with Crippen molar-refractivity contribution in [2.75, 3.05) is 13.6 Å². The highest BCUT2D eigenvalue weighted by atomic mass is 16.3. The average Bonchev–Trinajstić information content (AvgIpc) is 2.29. The van der Waals surface area contributed by atoms with E-state index in [1.165, 1.54) is 25.7 Å². The number of nitrogens with zero attached hydrogens (tertiary/aromatic N) is 1. The van der Waals surface area contributed by atoms with Crippen LogP contribution in [0.2, 0.25) is 0 Å². The van der Waals surface area contributed by atoms with E-state index in [1.807, 2.05) is 0 Å². The maximum Gasteiger partial charge on any atom is 0.0768 e. The van der Waals surface area contributed by atoms with Gasteiger partial charge in [-0.2, -0.15) is 0 Å². The Morgan fingerprint density at radius 2 is 1.88 bits per heavy atom. The minimum atomic E-state index is -0.477. The molecule has 0 aromatic heterocycles. The van der Waals surface area contributed by atoms with Gasteiger partial charge in [0.05, 0.1) is 5.60 Å². The first-order valence-electron chi connectivity index (χ1n) is 6.93. The van der Waals surface area contributed by atoms with Crippen molar-refractivity contribution in [3.8, 4) is 0 Å². The van der Waals surface area contributed by atoms with Crippen molar-refractivity contribution in [3.05, 3.63) is 0 Å². The second-order valence-corrected chi connectivity index (χ2v) is 5.77. The first-order chi connectivity index (χ1) is 7.50. The van der Waals surface area contributed by atoms with E-state index in [9.17, 15) is 5.11 Å². The van der Waals surface area contributed by atoms with E-state index in [0.717, 1.165) is 25.3 Å². The Kier molecular flexibility index (Phi) is 5.26. The number of aliphatic hydroxyl groups is 1. The van der Waals surface area contributed by atoms with Crippen LogP contribution in [0.4, 0.5) is 0 Å². The van der Waals surface area contributed by atoms with Crippen molar-refractivity contribution >= 4 is 0 Å². The molecule has 0 aliphatic heterocycles. The summed E-state index contributed by atoms with van der Waals surface area (Å²) in [5, 5.41) is 10.4. The lowest BCUT2D eigenvalue weighted by atomic mass is 9.85. The summed E-state index contributed by atoms with van der Waals surface area (Å²) in [6.45, 7) is 7.35. The van der Waals surface area contributed by atoms with Gasteiger partial charge >= 0.3 is 0 Å². The van der Waals surface area contributed by atoms with Crippen LogP contribution in [0.25, 0.3) is 0 Å². The molecule has 1 rings (SSSR count). The van der Waals surface area contributed by atoms with E-state index in [-0.39, 0.29) is 0 Å². The summed E-state index contributed by atoms with van der Waals surface area (Å²) in [4.78, 5) is 2.39. The predicted octanol–water partition coefficient (Wildman–Crippen LogP) is 3.05. The van der Waals surface area contributed by atoms with Gasteiger partial charge in [-0.15, -0.1) is 0 Å². The smallest absolute Gasteiger partial charge is 0.0768 e. The lowest BCUT2D eigenvalue weighted by Crippen LogP contribution is -2.46. The van der Waals surface area contributed by atoms with Crippen LogP contribution in [0.5, 0.6) is 0 Å². The minimum Gasteiger partial charge on any atom is -0.389 e. The molecule has 96 valence electrons. The van der Waals surface area contributed by atoms with Crippen molar-refractivity contribution in [1.82, 2.24) is 4.90 Å². The van der Waals surface area contributed by atoms with Gasteiger partial charge in [0.15, 0.2) is 0 Å². The van der Waals surface area contributed by atoms with Crippen LogP contribution in [0.3, 0.4) is 0 Å². The molecule has 1 saturated carbocycles. The average molecular weight is 227 g/mol. The van der Waals surface area contributed by atoms with Crippen molar-refractivity contribution in [2.45, 2.75) is 70.9 Å². The summed E-state index contributed by atoms with van der Waals surface area (Å²) >= 11 is 0. The second-order valence-electron chi connectivity index (χ2n) is 5.77. The lowest BCUT2D eigenvalue weighted by molar-refractivity contribution is -0.0133. The van der Waals surface area contributed by atoms with Crippen LogP contribution in [-0.2, 0) is 0 Å². The summed E-state index contributed by atoms with van der Waals surface area (Å²) in [6, 6.07) is 0.688. The molecule has 1 aliphatic rings. The topological polar surface area (TPSA) is 23.5 Å². The fourth-order valence-corrected chi connectivity index (χ4v) is 2.87. The van der Waals surface area contributed by atoms with E-state index in [1.54, 1.807) is 0 Å². The molecule has 1 N–H and O–H groups in total. The van der Waals surface area contributed by atoms with E-state index in [2.05, 4.69) is 32.7 Å². The Morgan fingerprint density at radius 3 is 2.38 bits per heavy atom. The molecule has 16 heavy (non-hydrogen) atoms. The van der Waals surface area contributed by atoms with Gasteiger partial charge in [-0.1, -0.05) is 33.6 Å². The van der Waals surface area contributed by atoms with Gasteiger partial charge in [0.2, 0.25) is 0 Å². The van der Waals surface area contributed by atoms with E-state index >= 15 is 0 Å². The van der Waals surface area contributed by atoms with Gasteiger partial charge in [-0.3, -0.25) is 0 Å². The highest BCUT2D eigenvalue weighted by Crippen LogP contribution is 2.28. The summed E-state index contributed by atoms with van der Waals surface area (Å²) in [5.41, 5.74) is -0.477. The van der Waals surface area contributed by atoms with Crippen LogP contribution in [0.1, 0.15) is 59.3 Å². The van der Waals surface area contributed by atoms with Crippen LogP contribution in [0.15, 0.2) is 0 Å². The summed E-state index contributed by atoms with van der Waals surface area (Å²) in [6.07, 6.45) is 7.07. The molecule has 0 heterocycles. The van der Waals surface area contributed by atoms with Crippen LogP contribution < -0.4 is 0 Å². The number of likely N-dealkylation sites (N-methyl/N-ethyl adjacent to an activating group) is 1. The molecule has 0 radical (unpaired) electrons. The van der Waals surface area contributed by atoms with Crippen molar-refractivity contribution in [2.24, 2.45) is 5.92 Å². The largest absolute Gasteiger partial charge is 0.389 e. The Morgan fingerprint density at radius 1 is 1.25 bits per heavy atom. The van der Waals surface area contributed by atoms with Crippen molar-refractivity contribution in [3.63, 3.8) is 0 Å². The first kappa shape index (κ1) is 14.0. The quantitative estimate of drug-likeness (QED) is 0.780. The summed E-state index contributed by atoms with van der Waals surface area (Å²) < 4.78 is 0. The number of hydrogen-bond donors (Lipinski definition) is 1. The van der Waals surface area contributed by atoms with E-state index < -0.39 is 5.60 Å². The Labute approximate surface area is 101 Å². The zero-order valence-corrected chi connectivity index (χ0v) is 11.5. The molecule has 0 spiro atoms. The third-order valence-electron chi connectivity index (χ3n) is 4.39. The molecule has 1 fully saturated rings. The molecule has 2 heteroatoms. The van der Waals surface area contributed by atoms with Gasteiger partial charge in [0.1, 0.15) is 0 Å². The van der Waals surface area contributed by atoms with E-state index in [0.29, 0.717) is 6.04 Å². The van der Waals surface area contributed by atoms with Gasteiger partial charge in [0, 0.05) is 12.6 Å². The maximum absolute atomic E-state index is 10.4. The van der Waals surface area contributed by atoms with E-state index in [4.69, 9.17) is 0 Å². The number of hydrogen-bond acceptors (Lipinski definition) is 2. The van der Waals surface area contributed by atoms with Gasteiger partial charge < -0.3 is 10.0 Å². The van der Waals surface area contributed by atoms with Crippen molar-refractivity contribution < 1.29 is 5.11 Å². The molecule has 0 amide bonds. The summed E-state index contributed by atoms with van der Waals surface area (Å²) in [7, 11) is 2.18. The molecule has 0 saturated heterocycles. The molecule has 2 nitrogen and oxygen atoms in total. The standard InChI is InChI=1S/C14H29NO/c1-5-14(16,6-2)11-15(4)13-9-7-8-12(3)10-13/h12-13,16H,5-11H2,1-4H3. The Hall–Kier alpha value is -0.0800. The predicted molar refractivity (Wildman–Crippen MR) is 69.6 cm³/mol. The minimum absolute atomic E-state index is 0.477. The van der Waals surface area contributed by atoms with Crippen LogP contribution >= 0.6 is 0 Å². The SMILES string of the molecule is CCC(O)(CC)CN(C)C1CCCC(C)C1. The van der Waals surface area contributed by atoms with Crippen LogP contribution in [-0.4, -0.2) is 35.2 Å².